The molecule has 2 aromatic carbocycles. The Labute approximate surface area is 143 Å². The SMILES string of the molecule is COc1ccc(CNC(=O)C(C)Oc2cc(C)cc(C)c2C)cc1. The lowest BCUT2D eigenvalue weighted by molar-refractivity contribution is -0.127. The van der Waals surface area contributed by atoms with Crippen molar-refractivity contribution in [2.45, 2.75) is 40.3 Å². The average molecular weight is 327 g/mol. The van der Waals surface area contributed by atoms with Crippen LogP contribution < -0.4 is 14.8 Å². The molecule has 0 aliphatic carbocycles. The van der Waals surface area contributed by atoms with Gasteiger partial charge < -0.3 is 14.8 Å². The molecule has 2 aromatic rings. The average Bonchev–Trinajstić information content (AvgIpc) is 2.57. The molecule has 4 nitrogen and oxygen atoms in total. The van der Waals surface area contributed by atoms with E-state index in [0.717, 1.165) is 33.8 Å². The zero-order chi connectivity index (χ0) is 17.7. The molecule has 1 amide bonds. The number of ether oxygens (including phenoxy) is 2. The molecule has 0 heterocycles. The Morgan fingerprint density at radius 1 is 1.12 bits per heavy atom. The van der Waals surface area contributed by atoms with Crippen LogP contribution >= 0.6 is 0 Å². The minimum atomic E-state index is -0.553. The molecule has 0 radical (unpaired) electrons. The van der Waals surface area contributed by atoms with E-state index in [1.165, 1.54) is 0 Å². The van der Waals surface area contributed by atoms with Gasteiger partial charge in [-0.1, -0.05) is 18.2 Å². The van der Waals surface area contributed by atoms with Crippen LogP contribution in [0.25, 0.3) is 0 Å². The molecule has 4 heteroatoms. The van der Waals surface area contributed by atoms with Crippen LogP contribution in [0.1, 0.15) is 29.2 Å². The molecule has 1 N–H and O–H groups in total. The molecule has 0 saturated heterocycles. The molecule has 1 atom stereocenters. The highest BCUT2D eigenvalue weighted by Gasteiger charge is 2.16. The Balaban J connectivity index is 1.94. The molecular weight excluding hydrogens is 302 g/mol. The summed E-state index contributed by atoms with van der Waals surface area (Å²) < 4.78 is 11.0. The van der Waals surface area contributed by atoms with Gasteiger partial charge in [0, 0.05) is 6.54 Å². The lowest BCUT2D eigenvalue weighted by atomic mass is 10.1. The summed E-state index contributed by atoms with van der Waals surface area (Å²) in [5.41, 5.74) is 4.36. The second kappa shape index (κ2) is 7.86. The van der Waals surface area contributed by atoms with Gasteiger partial charge in [-0.25, -0.2) is 0 Å². The largest absolute Gasteiger partial charge is 0.497 e. The third kappa shape index (κ3) is 4.51. The van der Waals surface area contributed by atoms with Crippen molar-refractivity contribution in [2.75, 3.05) is 7.11 Å². The minimum absolute atomic E-state index is 0.135. The van der Waals surface area contributed by atoms with Gasteiger partial charge in [0.25, 0.3) is 5.91 Å². The highest BCUT2D eigenvalue weighted by atomic mass is 16.5. The fourth-order valence-corrected chi connectivity index (χ4v) is 2.44. The van der Waals surface area contributed by atoms with Gasteiger partial charge in [-0.3, -0.25) is 4.79 Å². The van der Waals surface area contributed by atoms with Gasteiger partial charge in [0.15, 0.2) is 6.10 Å². The molecule has 24 heavy (non-hydrogen) atoms. The van der Waals surface area contributed by atoms with E-state index in [9.17, 15) is 4.79 Å². The van der Waals surface area contributed by atoms with Gasteiger partial charge in [-0.2, -0.15) is 0 Å². The second-order valence-corrected chi connectivity index (χ2v) is 6.03. The summed E-state index contributed by atoms with van der Waals surface area (Å²) in [7, 11) is 1.63. The van der Waals surface area contributed by atoms with Crippen LogP contribution in [0.15, 0.2) is 36.4 Å². The maximum Gasteiger partial charge on any atom is 0.261 e. The quantitative estimate of drug-likeness (QED) is 0.880. The van der Waals surface area contributed by atoms with Crippen LogP contribution in [0, 0.1) is 20.8 Å². The van der Waals surface area contributed by atoms with E-state index < -0.39 is 6.10 Å². The number of methoxy groups -OCH3 is 1. The van der Waals surface area contributed by atoms with E-state index >= 15 is 0 Å². The summed E-state index contributed by atoms with van der Waals surface area (Å²) >= 11 is 0. The van der Waals surface area contributed by atoms with Crippen molar-refractivity contribution in [1.82, 2.24) is 5.32 Å². The van der Waals surface area contributed by atoms with Crippen molar-refractivity contribution in [3.63, 3.8) is 0 Å². The van der Waals surface area contributed by atoms with Crippen molar-refractivity contribution in [3.8, 4) is 11.5 Å². The van der Waals surface area contributed by atoms with Crippen LogP contribution in [-0.2, 0) is 11.3 Å². The molecule has 128 valence electrons. The Morgan fingerprint density at radius 2 is 1.79 bits per heavy atom. The van der Waals surface area contributed by atoms with Crippen LogP contribution in [0.2, 0.25) is 0 Å². The number of amides is 1. The molecule has 2 rings (SSSR count). The van der Waals surface area contributed by atoms with Crippen molar-refractivity contribution in [2.24, 2.45) is 0 Å². The molecule has 0 bridgehead atoms. The summed E-state index contributed by atoms with van der Waals surface area (Å²) in [5.74, 6) is 1.43. The van der Waals surface area contributed by atoms with Gasteiger partial charge in [0.2, 0.25) is 0 Å². The van der Waals surface area contributed by atoms with Gasteiger partial charge >= 0.3 is 0 Å². The Morgan fingerprint density at radius 3 is 2.42 bits per heavy atom. The van der Waals surface area contributed by atoms with E-state index in [2.05, 4.69) is 11.4 Å². The number of aryl methyl sites for hydroxylation is 2. The zero-order valence-corrected chi connectivity index (χ0v) is 15.0. The molecular formula is C20H25NO3. The highest BCUT2D eigenvalue weighted by Crippen LogP contribution is 2.24. The van der Waals surface area contributed by atoms with Gasteiger partial charge in [0.05, 0.1) is 7.11 Å². The van der Waals surface area contributed by atoms with E-state index in [1.807, 2.05) is 51.1 Å². The molecule has 0 aliphatic rings. The zero-order valence-electron chi connectivity index (χ0n) is 15.0. The topological polar surface area (TPSA) is 47.6 Å². The number of nitrogens with one attached hydrogen (secondary N) is 1. The fourth-order valence-electron chi connectivity index (χ4n) is 2.44. The van der Waals surface area contributed by atoms with E-state index in [4.69, 9.17) is 9.47 Å². The molecule has 0 aliphatic heterocycles. The number of hydrogen-bond donors (Lipinski definition) is 1. The van der Waals surface area contributed by atoms with Crippen LogP contribution in [0.4, 0.5) is 0 Å². The van der Waals surface area contributed by atoms with Gasteiger partial charge in [-0.15, -0.1) is 0 Å². The maximum atomic E-state index is 12.3. The second-order valence-electron chi connectivity index (χ2n) is 6.03. The predicted octanol–water partition coefficient (Wildman–Crippen LogP) is 3.70. The lowest BCUT2D eigenvalue weighted by Crippen LogP contribution is -2.36. The normalized spacial score (nSPS) is 11.7. The summed E-state index contributed by atoms with van der Waals surface area (Å²) in [6, 6.07) is 11.7. The van der Waals surface area contributed by atoms with Crippen molar-refractivity contribution in [3.05, 3.63) is 58.7 Å². The summed E-state index contributed by atoms with van der Waals surface area (Å²) in [6.07, 6.45) is -0.553. The van der Waals surface area contributed by atoms with Crippen molar-refractivity contribution in [1.29, 1.82) is 0 Å². The van der Waals surface area contributed by atoms with E-state index in [-0.39, 0.29) is 5.91 Å². The molecule has 0 saturated carbocycles. The Hall–Kier alpha value is -2.49. The predicted molar refractivity (Wildman–Crippen MR) is 95.6 cm³/mol. The monoisotopic (exact) mass is 327 g/mol. The molecule has 1 unspecified atom stereocenters. The minimum Gasteiger partial charge on any atom is -0.497 e. The Bertz CT molecular complexity index is 708. The number of hydrogen-bond acceptors (Lipinski definition) is 3. The first-order chi connectivity index (χ1) is 11.4. The number of carbonyl (C=O) groups is 1. The van der Waals surface area contributed by atoms with E-state index in [0.29, 0.717) is 6.54 Å². The maximum absolute atomic E-state index is 12.3. The number of rotatable bonds is 6. The highest BCUT2D eigenvalue weighted by molar-refractivity contribution is 5.80. The number of benzene rings is 2. The molecule has 0 aromatic heterocycles. The van der Waals surface area contributed by atoms with Gasteiger partial charge in [0.1, 0.15) is 11.5 Å². The summed E-state index contributed by atoms with van der Waals surface area (Å²) in [6.45, 7) is 8.30. The molecule has 0 spiro atoms. The number of carbonyl (C=O) groups excluding carboxylic acids is 1. The van der Waals surface area contributed by atoms with Crippen molar-refractivity contribution < 1.29 is 14.3 Å². The first-order valence-electron chi connectivity index (χ1n) is 8.06. The smallest absolute Gasteiger partial charge is 0.261 e. The standard InChI is InChI=1S/C20H25NO3/c1-13-10-14(2)15(3)19(11-13)24-16(4)20(22)21-12-17-6-8-18(23-5)9-7-17/h6-11,16H,12H2,1-5H3,(H,21,22). The van der Waals surface area contributed by atoms with Crippen LogP contribution in [0.5, 0.6) is 11.5 Å². The fraction of sp³-hybridized carbons (Fsp3) is 0.350. The third-order valence-corrected chi connectivity index (χ3v) is 4.06. The summed E-state index contributed by atoms with van der Waals surface area (Å²) in [4.78, 5) is 12.3. The third-order valence-electron chi connectivity index (χ3n) is 4.06. The summed E-state index contributed by atoms with van der Waals surface area (Å²) in [5, 5.41) is 2.90. The van der Waals surface area contributed by atoms with Crippen molar-refractivity contribution >= 4 is 5.91 Å². The molecule has 0 fully saturated rings. The Kier molecular flexibility index (Phi) is 5.85. The van der Waals surface area contributed by atoms with E-state index in [1.54, 1.807) is 14.0 Å². The van der Waals surface area contributed by atoms with Crippen LogP contribution in [-0.4, -0.2) is 19.1 Å². The first kappa shape index (κ1) is 17.9. The lowest BCUT2D eigenvalue weighted by Gasteiger charge is -2.18. The van der Waals surface area contributed by atoms with Crippen LogP contribution in [0.3, 0.4) is 0 Å². The van der Waals surface area contributed by atoms with Gasteiger partial charge in [-0.05, 0) is 68.1 Å². The first-order valence-corrected chi connectivity index (χ1v) is 8.06.